The molecule has 15 heavy (non-hydrogen) atoms. The number of aromatic hydroxyl groups is 1. The molecule has 0 saturated carbocycles. The summed E-state index contributed by atoms with van der Waals surface area (Å²) in [4.78, 5) is 0. The Kier molecular flexibility index (Phi) is 3.17. The molecule has 1 aromatic rings. The minimum Gasteiger partial charge on any atom is -0.507 e. The average molecular weight is 226 g/mol. The standard InChI is InChI=1S/C12H16ClNO/c1-8-4-5-11(13)10(12(8)15)7-9-3-2-6-14-9/h4-5,9,14-15H,2-3,6-7H2,1H3. The van der Waals surface area contributed by atoms with Crippen LogP contribution in [-0.4, -0.2) is 17.7 Å². The molecule has 1 fully saturated rings. The molecule has 2 rings (SSSR count). The van der Waals surface area contributed by atoms with Crippen molar-refractivity contribution in [1.82, 2.24) is 5.32 Å². The molecule has 1 atom stereocenters. The highest BCUT2D eigenvalue weighted by molar-refractivity contribution is 6.31. The Morgan fingerprint density at radius 2 is 2.33 bits per heavy atom. The lowest BCUT2D eigenvalue weighted by Crippen LogP contribution is -2.23. The SMILES string of the molecule is Cc1ccc(Cl)c(CC2CCCN2)c1O. The second-order valence-corrected chi connectivity index (χ2v) is 4.60. The van der Waals surface area contributed by atoms with Crippen LogP contribution in [-0.2, 0) is 6.42 Å². The predicted molar refractivity (Wildman–Crippen MR) is 62.6 cm³/mol. The van der Waals surface area contributed by atoms with Crippen LogP contribution >= 0.6 is 11.6 Å². The average Bonchev–Trinajstić information content (AvgIpc) is 2.71. The fraction of sp³-hybridized carbons (Fsp3) is 0.500. The maximum Gasteiger partial charge on any atom is 0.123 e. The lowest BCUT2D eigenvalue weighted by atomic mass is 10.0. The number of phenolic OH excluding ortho intramolecular Hbond substituents is 1. The van der Waals surface area contributed by atoms with Gasteiger partial charge in [0, 0.05) is 16.6 Å². The second kappa shape index (κ2) is 4.42. The fourth-order valence-electron chi connectivity index (χ4n) is 2.10. The van der Waals surface area contributed by atoms with Gasteiger partial charge in [0.15, 0.2) is 0 Å². The summed E-state index contributed by atoms with van der Waals surface area (Å²) in [7, 11) is 0. The summed E-state index contributed by atoms with van der Waals surface area (Å²) in [5.74, 6) is 0.358. The highest BCUT2D eigenvalue weighted by atomic mass is 35.5. The lowest BCUT2D eigenvalue weighted by molar-refractivity contribution is 0.458. The topological polar surface area (TPSA) is 32.3 Å². The Morgan fingerprint density at radius 3 is 3.00 bits per heavy atom. The van der Waals surface area contributed by atoms with Gasteiger partial charge < -0.3 is 10.4 Å². The van der Waals surface area contributed by atoms with Crippen molar-refractivity contribution in [3.63, 3.8) is 0 Å². The van der Waals surface area contributed by atoms with E-state index in [-0.39, 0.29) is 0 Å². The van der Waals surface area contributed by atoms with Crippen molar-refractivity contribution < 1.29 is 5.11 Å². The molecule has 2 nitrogen and oxygen atoms in total. The zero-order valence-corrected chi connectivity index (χ0v) is 9.64. The third-order valence-electron chi connectivity index (χ3n) is 3.04. The van der Waals surface area contributed by atoms with Crippen molar-refractivity contribution in [2.75, 3.05) is 6.54 Å². The third-order valence-corrected chi connectivity index (χ3v) is 3.39. The molecule has 0 amide bonds. The van der Waals surface area contributed by atoms with Crippen molar-refractivity contribution in [2.45, 2.75) is 32.2 Å². The van der Waals surface area contributed by atoms with E-state index in [0.29, 0.717) is 16.8 Å². The third kappa shape index (κ3) is 2.27. The number of rotatable bonds is 2. The number of phenols is 1. The molecule has 0 radical (unpaired) electrons. The highest BCUT2D eigenvalue weighted by Crippen LogP contribution is 2.31. The van der Waals surface area contributed by atoms with E-state index in [1.54, 1.807) is 0 Å². The molecular weight excluding hydrogens is 210 g/mol. The Balaban J connectivity index is 2.22. The van der Waals surface area contributed by atoms with E-state index in [0.717, 1.165) is 24.1 Å². The Hall–Kier alpha value is -0.730. The first-order valence-corrected chi connectivity index (χ1v) is 5.76. The molecular formula is C12H16ClNO. The maximum absolute atomic E-state index is 9.93. The van der Waals surface area contributed by atoms with E-state index in [9.17, 15) is 5.11 Å². The number of aryl methyl sites for hydroxylation is 1. The van der Waals surface area contributed by atoms with Gasteiger partial charge in [-0.1, -0.05) is 17.7 Å². The van der Waals surface area contributed by atoms with Crippen LogP contribution in [0, 0.1) is 6.92 Å². The molecule has 1 saturated heterocycles. The van der Waals surface area contributed by atoms with Crippen LogP contribution in [0.3, 0.4) is 0 Å². The van der Waals surface area contributed by atoms with E-state index in [1.165, 1.54) is 12.8 Å². The minimum atomic E-state index is 0.358. The van der Waals surface area contributed by atoms with E-state index in [2.05, 4.69) is 5.32 Å². The summed E-state index contributed by atoms with van der Waals surface area (Å²) >= 11 is 6.09. The Morgan fingerprint density at radius 1 is 1.53 bits per heavy atom. The first kappa shape index (κ1) is 10.8. The van der Waals surface area contributed by atoms with Crippen LogP contribution < -0.4 is 5.32 Å². The molecule has 0 aromatic heterocycles. The van der Waals surface area contributed by atoms with Gasteiger partial charge in [-0.05, 0) is 44.4 Å². The van der Waals surface area contributed by atoms with Gasteiger partial charge in [-0.2, -0.15) is 0 Å². The Bertz CT molecular complexity index is 359. The van der Waals surface area contributed by atoms with Crippen molar-refractivity contribution in [3.05, 3.63) is 28.3 Å². The van der Waals surface area contributed by atoms with Gasteiger partial charge in [0.05, 0.1) is 0 Å². The molecule has 2 N–H and O–H groups in total. The van der Waals surface area contributed by atoms with E-state index >= 15 is 0 Å². The van der Waals surface area contributed by atoms with Gasteiger partial charge in [0.25, 0.3) is 0 Å². The summed E-state index contributed by atoms with van der Waals surface area (Å²) in [6, 6.07) is 4.18. The van der Waals surface area contributed by atoms with Crippen LogP contribution in [0.4, 0.5) is 0 Å². The van der Waals surface area contributed by atoms with Crippen LogP contribution in [0.2, 0.25) is 5.02 Å². The molecule has 1 unspecified atom stereocenters. The lowest BCUT2D eigenvalue weighted by Gasteiger charge is -2.14. The Labute approximate surface area is 95.3 Å². The van der Waals surface area contributed by atoms with Crippen molar-refractivity contribution in [3.8, 4) is 5.75 Å². The number of hydrogen-bond donors (Lipinski definition) is 2. The van der Waals surface area contributed by atoms with Crippen molar-refractivity contribution >= 4 is 11.6 Å². The van der Waals surface area contributed by atoms with Crippen LogP contribution in [0.25, 0.3) is 0 Å². The van der Waals surface area contributed by atoms with Crippen LogP contribution in [0.15, 0.2) is 12.1 Å². The zero-order valence-electron chi connectivity index (χ0n) is 8.89. The number of hydrogen-bond acceptors (Lipinski definition) is 2. The van der Waals surface area contributed by atoms with Crippen molar-refractivity contribution in [1.29, 1.82) is 0 Å². The van der Waals surface area contributed by atoms with Gasteiger partial charge in [0.1, 0.15) is 5.75 Å². The summed E-state index contributed by atoms with van der Waals surface area (Å²) < 4.78 is 0. The molecule has 1 heterocycles. The smallest absolute Gasteiger partial charge is 0.123 e. The largest absolute Gasteiger partial charge is 0.507 e. The summed E-state index contributed by atoms with van der Waals surface area (Å²) in [6.45, 7) is 2.98. The monoisotopic (exact) mass is 225 g/mol. The van der Waals surface area contributed by atoms with Crippen LogP contribution in [0.5, 0.6) is 5.75 Å². The highest BCUT2D eigenvalue weighted by Gasteiger charge is 2.18. The van der Waals surface area contributed by atoms with Gasteiger partial charge in [-0.25, -0.2) is 0 Å². The first-order chi connectivity index (χ1) is 7.18. The summed E-state index contributed by atoms with van der Waals surface area (Å²) in [6.07, 6.45) is 3.21. The van der Waals surface area contributed by atoms with Crippen molar-refractivity contribution in [2.24, 2.45) is 0 Å². The van der Waals surface area contributed by atoms with Gasteiger partial charge in [-0.15, -0.1) is 0 Å². The fourth-order valence-corrected chi connectivity index (χ4v) is 2.33. The quantitative estimate of drug-likeness (QED) is 0.811. The number of benzene rings is 1. The number of halogens is 1. The van der Waals surface area contributed by atoms with Crippen LogP contribution in [0.1, 0.15) is 24.0 Å². The summed E-state index contributed by atoms with van der Waals surface area (Å²) in [5.41, 5.74) is 1.78. The second-order valence-electron chi connectivity index (χ2n) is 4.19. The first-order valence-electron chi connectivity index (χ1n) is 5.39. The van der Waals surface area contributed by atoms with Gasteiger partial charge in [0.2, 0.25) is 0 Å². The molecule has 3 heteroatoms. The molecule has 0 bridgehead atoms. The molecule has 1 aromatic carbocycles. The van der Waals surface area contributed by atoms with E-state index in [4.69, 9.17) is 11.6 Å². The predicted octanol–water partition coefficient (Wildman–Crippen LogP) is 2.65. The molecule has 0 aliphatic carbocycles. The molecule has 0 spiro atoms. The zero-order chi connectivity index (χ0) is 10.8. The van der Waals surface area contributed by atoms with Gasteiger partial charge >= 0.3 is 0 Å². The molecule has 82 valence electrons. The maximum atomic E-state index is 9.93. The molecule has 1 aliphatic rings. The minimum absolute atomic E-state index is 0.358. The number of nitrogens with one attached hydrogen (secondary N) is 1. The van der Waals surface area contributed by atoms with E-state index in [1.807, 2.05) is 19.1 Å². The summed E-state index contributed by atoms with van der Waals surface area (Å²) in [5, 5.41) is 14.0. The van der Waals surface area contributed by atoms with Gasteiger partial charge in [-0.3, -0.25) is 0 Å². The van der Waals surface area contributed by atoms with E-state index < -0.39 is 0 Å². The normalized spacial score (nSPS) is 20.8. The molecule has 1 aliphatic heterocycles.